The van der Waals surface area contributed by atoms with E-state index in [1.54, 1.807) is 4.90 Å². The van der Waals surface area contributed by atoms with Crippen LogP contribution in [0.1, 0.15) is 22.3 Å². The number of benzene rings is 1. The Hall–Kier alpha value is -2.93. The number of hydrogen-bond acceptors (Lipinski definition) is 7. The van der Waals surface area contributed by atoms with Gasteiger partial charge in [0.1, 0.15) is 5.75 Å². The molecule has 3 heterocycles. The van der Waals surface area contributed by atoms with Gasteiger partial charge in [0.15, 0.2) is 0 Å². The second-order valence-electron chi connectivity index (χ2n) is 7.26. The number of ether oxygens (including phenoxy) is 3. The van der Waals surface area contributed by atoms with Gasteiger partial charge in [-0.05, 0) is 30.2 Å². The first-order chi connectivity index (χ1) is 15.1. The Balaban J connectivity index is 1.30. The fourth-order valence-corrected chi connectivity index (χ4v) is 3.86. The highest BCUT2D eigenvalue weighted by Crippen LogP contribution is 2.38. The van der Waals surface area contributed by atoms with Gasteiger partial charge in [0, 0.05) is 30.0 Å². The highest BCUT2D eigenvalue weighted by Gasteiger charge is 2.53. The molecule has 0 atom stereocenters. The van der Waals surface area contributed by atoms with Crippen molar-refractivity contribution in [1.82, 2.24) is 20.2 Å². The Morgan fingerprint density at radius 3 is 2.50 bits per heavy atom. The fourth-order valence-electron chi connectivity index (χ4n) is 3.34. The van der Waals surface area contributed by atoms with Crippen LogP contribution in [0.25, 0.3) is 0 Å². The summed E-state index contributed by atoms with van der Waals surface area (Å²) in [6.07, 6.45) is -2.34. The Morgan fingerprint density at radius 2 is 1.94 bits per heavy atom. The predicted octanol–water partition coefficient (Wildman–Crippen LogP) is 3.04. The second-order valence-corrected chi connectivity index (χ2v) is 8.18. The van der Waals surface area contributed by atoms with Gasteiger partial charge in [0.05, 0.1) is 24.3 Å². The van der Waals surface area contributed by atoms with Crippen molar-refractivity contribution >= 4 is 27.9 Å². The molecule has 32 heavy (non-hydrogen) atoms. The molecule has 2 saturated heterocycles. The van der Waals surface area contributed by atoms with Gasteiger partial charge < -0.3 is 24.4 Å². The summed E-state index contributed by atoms with van der Waals surface area (Å²) in [6, 6.07) is 3.51. The van der Waals surface area contributed by atoms with Crippen LogP contribution in [0.5, 0.6) is 11.8 Å². The topological polar surface area (TPSA) is 103 Å². The third-order valence-corrected chi connectivity index (χ3v) is 5.48. The summed E-state index contributed by atoms with van der Waals surface area (Å²) < 4.78 is 51.5. The molecular formula is C19H16BrF3N4O5. The standard InChI is InChI=1S/C19H16BrF3N4O5/c20-13-3-11(4-14(5-13)32-19(21,22)23)6-26-17(29)31-16-24-7-12(8-25-16)15(28)27-2-1-18(27)9-30-10-18/h3-5,7-8H,1-2,6,9-10H2,(H,26,29). The Kier molecular flexibility index (Phi) is 5.95. The van der Waals surface area contributed by atoms with Gasteiger partial charge in [-0.15, -0.1) is 13.2 Å². The molecule has 2 aliphatic heterocycles. The summed E-state index contributed by atoms with van der Waals surface area (Å²) in [5, 5.41) is 2.38. The van der Waals surface area contributed by atoms with E-state index in [1.165, 1.54) is 18.5 Å². The number of rotatable bonds is 5. The van der Waals surface area contributed by atoms with Crippen molar-refractivity contribution in [1.29, 1.82) is 0 Å². The minimum atomic E-state index is -4.84. The quantitative estimate of drug-likeness (QED) is 0.651. The molecule has 1 aromatic heterocycles. The first-order valence-electron chi connectivity index (χ1n) is 9.36. The molecule has 13 heteroatoms. The van der Waals surface area contributed by atoms with E-state index in [2.05, 4.69) is 36.0 Å². The number of aromatic nitrogens is 2. The molecule has 1 aromatic carbocycles. The van der Waals surface area contributed by atoms with E-state index < -0.39 is 18.2 Å². The molecule has 2 aromatic rings. The Morgan fingerprint density at radius 1 is 1.22 bits per heavy atom. The van der Waals surface area contributed by atoms with Gasteiger partial charge in [-0.25, -0.2) is 14.8 Å². The molecule has 170 valence electrons. The maximum atomic E-state index is 12.6. The zero-order valence-electron chi connectivity index (χ0n) is 16.3. The van der Waals surface area contributed by atoms with Crippen LogP contribution in [0.15, 0.2) is 35.1 Å². The number of alkyl halides is 3. The van der Waals surface area contributed by atoms with Crippen LogP contribution in [0.2, 0.25) is 0 Å². The summed E-state index contributed by atoms with van der Waals surface area (Å²) in [7, 11) is 0. The molecule has 0 unspecified atom stereocenters. The molecule has 1 N–H and O–H groups in total. The molecule has 9 nitrogen and oxygen atoms in total. The summed E-state index contributed by atoms with van der Waals surface area (Å²) in [6.45, 7) is 1.53. The first-order valence-corrected chi connectivity index (χ1v) is 10.2. The van der Waals surface area contributed by atoms with E-state index in [4.69, 9.17) is 9.47 Å². The molecule has 0 radical (unpaired) electrons. The average Bonchev–Trinajstić information content (AvgIpc) is 2.63. The van der Waals surface area contributed by atoms with Crippen molar-refractivity contribution < 1.29 is 37.0 Å². The minimum Gasteiger partial charge on any atom is -0.406 e. The SMILES string of the molecule is O=C(NCc1cc(Br)cc(OC(F)(F)F)c1)Oc1ncc(C(=O)N2CCC23COC3)cn1. The molecule has 4 rings (SSSR count). The van der Waals surface area contributed by atoms with E-state index in [1.807, 2.05) is 0 Å². The van der Waals surface area contributed by atoms with Gasteiger partial charge in [0.2, 0.25) is 0 Å². The predicted molar refractivity (Wildman–Crippen MR) is 105 cm³/mol. The van der Waals surface area contributed by atoms with E-state index >= 15 is 0 Å². The monoisotopic (exact) mass is 516 g/mol. The van der Waals surface area contributed by atoms with Crippen LogP contribution >= 0.6 is 15.9 Å². The van der Waals surface area contributed by atoms with Crippen LogP contribution in [0, 0.1) is 0 Å². The highest BCUT2D eigenvalue weighted by atomic mass is 79.9. The number of carbonyl (C=O) groups excluding carboxylic acids is 2. The lowest BCUT2D eigenvalue weighted by Crippen LogP contribution is -2.72. The summed E-state index contributed by atoms with van der Waals surface area (Å²) >= 11 is 3.09. The van der Waals surface area contributed by atoms with Gasteiger partial charge >= 0.3 is 18.5 Å². The van der Waals surface area contributed by atoms with Crippen molar-refractivity contribution in [2.45, 2.75) is 24.9 Å². The maximum absolute atomic E-state index is 12.6. The van der Waals surface area contributed by atoms with E-state index in [0.29, 0.717) is 29.8 Å². The zero-order chi connectivity index (χ0) is 22.9. The van der Waals surface area contributed by atoms with Gasteiger partial charge in [-0.1, -0.05) is 15.9 Å². The van der Waals surface area contributed by atoms with Crippen molar-refractivity contribution in [3.8, 4) is 11.8 Å². The molecular weight excluding hydrogens is 501 g/mol. The largest absolute Gasteiger partial charge is 0.573 e. The van der Waals surface area contributed by atoms with Crippen LogP contribution in [0.4, 0.5) is 18.0 Å². The third kappa shape index (κ3) is 4.93. The lowest BCUT2D eigenvalue weighted by Gasteiger charge is -2.57. The molecule has 2 amide bonds. The summed E-state index contributed by atoms with van der Waals surface area (Å²) in [5.74, 6) is -0.653. The number of amides is 2. The number of halogens is 4. The van der Waals surface area contributed by atoms with Gasteiger partial charge in [0.25, 0.3) is 5.91 Å². The van der Waals surface area contributed by atoms with E-state index in [9.17, 15) is 22.8 Å². The van der Waals surface area contributed by atoms with Crippen molar-refractivity contribution in [3.63, 3.8) is 0 Å². The van der Waals surface area contributed by atoms with Gasteiger partial charge in [-0.3, -0.25) is 4.79 Å². The maximum Gasteiger partial charge on any atom is 0.573 e. The van der Waals surface area contributed by atoms with E-state index in [0.717, 1.165) is 18.6 Å². The third-order valence-electron chi connectivity index (χ3n) is 5.02. The van der Waals surface area contributed by atoms with Gasteiger partial charge in [-0.2, -0.15) is 0 Å². The number of carbonyl (C=O) groups is 2. The molecule has 0 aliphatic carbocycles. The number of hydrogen-bond donors (Lipinski definition) is 1. The lowest BCUT2D eigenvalue weighted by molar-refractivity contribution is -0.274. The number of nitrogens with zero attached hydrogens (tertiary/aromatic N) is 3. The minimum absolute atomic E-state index is 0.137. The normalized spacial score (nSPS) is 16.7. The molecule has 1 spiro atoms. The van der Waals surface area contributed by atoms with E-state index in [-0.39, 0.29) is 29.6 Å². The molecule has 0 bridgehead atoms. The van der Waals surface area contributed by atoms with Crippen LogP contribution in [-0.2, 0) is 11.3 Å². The summed E-state index contributed by atoms with van der Waals surface area (Å²) in [4.78, 5) is 34.0. The fraction of sp³-hybridized carbons (Fsp3) is 0.368. The Bertz CT molecular complexity index is 1030. The smallest absolute Gasteiger partial charge is 0.406 e. The average molecular weight is 517 g/mol. The molecule has 2 fully saturated rings. The molecule has 0 saturated carbocycles. The van der Waals surface area contributed by atoms with Crippen LogP contribution in [-0.4, -0.2) is 58.5 Å². The summed E-state index contributed by atoms with van der Waals surface area (Å²) in [5.41, 5.74) is 0.375. The molecule has 2 aliphatic rings. The second kappa shape index (κ2) is 8.54. The Labute approximate surface area is 188 Å². The lowest BCUT2D eigenvalue weighted by atomic mass is 9.82. The number of nitrogens with one attached hydrogen (secondary N) is 1. The number of likely N-dealkylation sites (tertiary alicyclic amines) is 1. The van der Waals surface area contributed by atoms with Crippen molar-refractivity contribution in [2.24, 2.45) is 0 Å². The van der Waals surface area contributed by atoms with Crippen molar-refractivity contribution in [2.75, 3.05) is 19.8 Å². The van der Waals surface area contributed by atoms with Crippen LogP contribution in [0.3, 0.4) is 0 Å². The highest BCUT2D eigenvalue weighted by molar-refractivity contribution is 9.10. The zero-order valence-corrected chi connectivity index (χ0v) is 17.9. The first kappa shape index (κ1) is 22.3. The van der Waals surface area contributed by atoms with Crippen LogP contribution < -0.4 is 14.8 Å². The van der Waals surface area contributed by atoms with Crippen molar-refractivity contribution in [3.05, 3.63) is 46.2 Å².